The lowest BCUT2D eigenvalue weighted by molar-refractivity contribution is -0.125. The Morgan fingerprint density at radius 3 is 2.39 bits per heavy atom. The number of hydrogen-bond acceptors (Lipinski definition) is 2. The van der Waals surface area contributed by atoms with E-state index in [1.54, 1.807) is 0 Å². The lowest BCUT2D eigenvalue weighted by Gasteiger charge is -2.24. The van der Waals surface area contributed by atoms with Crippen LogP contribution in [0.25, 0.3) is 0 Å². The fourth-order valence-corrected chi connectivity index (χ4v) is 1.79. The average Bonchev–Trinajstić information content (AvgIpc) is 2.29. The molecule has 18 heavy (non-hydrogen) atoms. The molecular weight excluding hydrogens is 316 g/mol. The number of nitrogens with one attached hydrogen (secondary N) is 1. The smallest absolute Gasteiger partial charge is 0.230 e. The average molecular weight is 336 g/mol. The first-order chi connectivity index (χ1) is 7.98. The van der Waals surface area contributed by atoms with Crippen LogP contribution in [0.15, 0.2) is 28.7 Å². The van der Waals surface area contributed by atoms with Crippen LogP contribution < -0.4 is 11.1 Å². The molecule has 1 aromatic carbocycles. The summed E-state index contributed by atoms with van der Waals surface area (Å²) in [4.78, 5) is 12.1. The zero-order valence-corrected chi connectivity index (χ0v) is 13.1. The van der Waals surface area contributed by atoms with E-state index in [9.17, 15) is 4.79 Å². The molecule has 0 bridgehead atoms. The van der Waals surface area contributed by atoms with Gasteiger partial charge in [0.15, 0.2) is 0 Å². The molecule has 1 rings (SSSR count). The van der Waals surface area contributed by atoms with Crippen molar-refractivity contribution >= 4 is 34.2 Å². The Kier molecular flexibility index (Phi) is 7.52. The van der Waals surface area contributed by atoms with Crippen molar-refractivity contribution in [2.45, 2.75) is 25.7 Å². The first kappa shape index (κ1) is 17.4. The molecule has 0 saturated heterocycles. The van der Waals surface area contributed by atoms with Gasteiger partial charge in [-0.15, -0.1) is 12.4 Å². The number of benzene rings is 1. The van der Waals surface area contributed by atoms with Gasteiger partial charge in [-0.1, -0.05) is 28.1 Å². The maximum atomic E-state index is 12.1. The molecule has 0 fully saturated rings. The van der Waals surface area contributed by atoms with Crippen molar-refractivity contribution in [3.63, 3.8) is 0 Å². The van der Waals surface area contributed by atoms with Crippen molar-refractivity contribution in [1.82, 2.24) is 5.32 Å². The monoisotopic (exact) mass is 334 g/mol. The van der Waals surface area contributed by atoms with E-state index in [2.05, 4.69) is 21.2 Å². The highest BCUT2D eigenvalue weighted by atomic mass is 79.9. The summed E-state index contributed by atoms with van der Waals surface area (Å²) in [6.07, 6.45) is 0.808. The van der Waals surface area contributed by atoms with Gasteiger partial charge in [-0.3, -0.25) is 4.79 Å². The largest absolute Gasteiger partial charge is 0.355 e. The van der Waals surface area contributed by atoms with Crippen molar-refractivity contribution in [2.75, 3.05) is 13.1 Å². The first-order valence-electron chi connectivity index (χ1n) is 5.73. The Balaban J connectivity index is 0.00000289. The van der Waals surface area contributed by atoms with Gasteiger partial charge in [0.1, 0.15) is 0 Å². The van der Waals surface area contributed by atoms with Gasteiger partial charge in [-0.05, 0) is 44.5 Å². The van der Waals surface area contributed by atoms with E-state index in [0.717, 1.165) is 16.5 Å². The minimum absolute atomic E-state index is 0. The summed E-state index contributed by atoms with van der Waals surface area (Å²) in [5.41, 5.74) is 5.88. The Bertz CT molecular complexity index is 379. The number of halogens is 2. The van der Waals surface area contributed by atoms with Crippen molar-refractivity contribution in [2.24, 2.45) is 5.73 Å². The molecule has 0 radical (unpaired) electrons. The summed E-state index contributed by atoms with van der Waals surface area (Å²) in [5, 5.41) is 2.91. The van der Waals surface area contributed by atoms with E-state index in [4.69, 9.17) is 5.73 Å². The van der Waals surface area contributed by atoms with Crippen LogP contribution in [-0.4, -0.2) is 19.0 Å². The van der Waals surface area contributed by atoms with Gasteiger partial charge in [0.2, 0.25) is 5.91 Å². The molecule has 1 amide bonds. The standard InChI is InChI=1S/C13H19BrN2O.ClH/c1-13(2,12(17)16-9-3-8-15)10-4-6-11(14)7-5-10;/h4-7H,3,8-9,15H2,1-2H3,(H,16,17);1H. The maximum Gasteiger partial charge on any atom is 0.230 e. The zero-order chi connectivity index (χ0) is 12.9. The first-order valence-corrected chi connectivity index (χ1v) is 6.52. The van der Waals surface area contributed by atoms with Gasteiger partial charge in [0, 0.05) is 11.0 Å². The Morgan fingerprint density at radius 2 is 1.89 bits per heavy atom. The summed E-state index contributed by atoms with van der Waals surface area (Å²) >= 11 is 3.39. The Labute approximate surface area is 123 Å². The van der Waals surface area contributed by atoms with E-state index in [1.807, 2.05) is 38.1 Å². The van der Waals surface area contributed by atoms with Crippen LogP contribution in [0.4, 0.5) is 0 Å². The van der Waals surface area contributed by atoms with Crippen LogP contribution in [-0.2, 0) is 10.2 Å². The van der Waals surface area contributed by atoms with Crippen molar-refractivity contribution in [3.8, 4) is 0 Å². The van der Waals surface area contributed by atoms with Crippen LogP contribution in [0.2, 0.25) is 0 Å². The molecule has 0 atom stereocenters. The lowest BCUT2D eigenvalue weighted by atomic mass is 9.84. The normalized spacial score (nSPS) is 10.7. The van der Waals surface area contributed by atoms with E-state index < -0.39 is 5.41 Å². The summed E-state index contributed by atoms with van der Waals surface area (Å²) in [6, 6.07) is 7.83. The second-order valence-electron chi connectivity index (χ2n) is 4.53. The summed E-state index contributed by atoms with van der Waals surface area (Å²) in [5.74, 6) is 0.0354. The van der Waals surface area contributed by atoms with Crippen LogP contribution in [0, 0.1) is 0 Å². The Morgan fingerprint density at radius 1 is 1.33 bits per heavy atom. The van der Waals surface area contributed by atoms with E-state index >= 15 is 0 Å². The molecule has 0 unspecified atom stereocenters. The van der Waals surface area contributed by atoms with Gasteiger partial charge < -0.3 is 11.1 Å². The van der Waals surface area contributed by atoms with Gasteiger partial charge in [-0.2, -0.15) is 0 Å². The zero-order valence-electron chi connectivity index (χ0n) is 10.7. The summed E-state index contributed by atoms with van der Waals surface area (Å²) in [7, 11) is 0. The molecule has 3 nitrogen and oxygen atoms in total. The molecule has 3 N–H and O–H groups in total. The SMILES string of the molecule is CC(C)(C(=O)NCCCN)c1ccc(Br)cc1.Cl. The van der Waals surface area contributed by atoms with E-state index in [1.165, 1.54) is 0 Å². The molecule has 0 aliphatic carbocycles. The van der Waals surface area contributed by atoms with Crippen LogP contribution in [0.1, 0.15) is 25.8 Å². The number of rotatable bonds is 5. The number of hydrogen-bond donors (Lipinski definition) is 2. The van der Waals surface area contributed by atoms with Crippen LogP contribution >= 0.6 is 28.3 Å². The third-order valence-corrected chi connectivity index (χ3v) is 3.33. The minimum Gasteiger partial charge on any atom is -0.355 e. The van der Waals surface area contributed by atoms with Crippen molar-refractivity contribution in [3.05, 3.63) is 34.3 Å². The Hall–Kier alpha value is -0.580. The van der Waals surface area contributed by atoms with Crippen LogP contribution in [0.3, 0.4) is 0 Å². The molecule has 1 aromatic rings. The third-order valence-electron chi connectivity index (χ3n) is 2.80. The molecule has 0 spiro atoms. The molecule has 0 aliphatic heterocycles. The minimum atomic E-state index is -0.519. The van der Waals surface area contributed by atoms with Crippen LogP contribution in [0.5, 0.6) is 0 Å². The van der Waals surface area contributed by atoms with Gasteiger partial charge in [-0.25, -0.2) is 0 Å². The fraction of sp³-hybridized carbons (Fsp3) is 0.462. The second-order valence-corrected chi connectivity index (χ2v) is 5.45. The molecule has 0 aliphatic rings. The van der Waals surface area contributed by atoms with Crippen molar-refractivity contribution in [1.29, 1.82) is 0 Å². The quantitative estimate of drug-likeness (QED) is 0.813. The topological polar surface area (TPSA) is 55.1 Å². The highest BCUT2D eigenvalue weighted by Crippen LogP contribution is 2.24. The number of carbonyl (C=O) groups is 1. The maximum absolute atomic E-state index is 12.1. The van der Waals surface area contributed by atoms with E-state index in [-0.39, 0.29) is 18.3 Å². The highest BCUT2D eigenvalue weighted by Gasteiger charge is 2.29. The van der Waals surface area contributed by atoms with Crippen molar-refractivity contribution < 1.29 is 4.79 Å². The number of amides is 1. The fourth-order valence-electron chi connectivity index (χ4n) is 1.52. The molecule has 0 aromatic heterocycles. The predicted octanol–water partition coefficient (Wildman–Crippen LogP) is 2.61. The summed E-state index contributed by atoms with van der Waals surface area (Å²) < 4.78 is 1.01. The number of carbonyl (C=O) groups excluding carboxylic acids is 1. The second kappa shape index (κ2) is 7.77. The number of nitrogens with two attached hydrogens (primary N) is 1. The molecule has 0 saturated carbocycles. The predicted molar refractivity (Wildman–Crippen MR) is 81.1 cm³/mol. The molecular formula is C13H20BrClN2O. The highest BCUT2D eigenvalue weighted by molar-refractivity contribution is 9.10. The van der Waals surface area contributed by atoms with E-state index in [0.29, 0.717) is 13.1 Å². The summed E-state index contributed by atoms with van der Waals surface area (Å²) in [6.45, 7) is 5.08. The molecule has 102 valence electrons. The van der Waals surface area contributed by atoms with Gasteiger partial charge in [0.25, 0.3) is 0 Å². The molecule has 0 heterocycles. The molecule has 5 heteroatoms. The lowest BCUT2D eigenvalue weighted by Crippen LogP contribution is -2.40. The third kappa shape index (κ3) is 4.59. The van der Waals surface area contributed by atoms with Gasteiger partial charge in [0.05, 0.1) is 5.41 Å². The van der Waals surface area contributed by atoms with Gasteiger partial charge >= 0.3 is 0 Å².